The second kappa shape index (κ2) is 4.35. The molecule has 0 fully saturated rings. The van der Waals surface area contributed by atoms with E-state index in [4.69, 9.17) is 5.11 Å². The number of aryl methyl sites for hydroxylation is 2. The summed E-state index contributed by atoms with van der Waals surface area (Å²) in [7, 11) is 0. The van der Waals surface area contributed by atoms with Crippen LogP contribution in [0.25, 0.3) is 10.8 Å². The van der Waals surface area contributed by atoms with Gasteiger partial charge in [-0.15, -0.1) is 0 Å². The van der Waals surface area contributed by atoms with E-state index in [-0.39, 0.29) is 6.42 Å². The predicted octanol–water partition coefficient (Wildman–Crippen LogP) is 3.17. The molecule has 2 rings (SSSR count). The molecule has 0 spiro atoms. The third-order valence-electron chi connectivity index (χ3n) is 2.84. The summed E-state index contributed by atoms with van der Waals surface area (Å²) in [6.07, 6.45) is 0.781. The second-order valence-electron chi connectivity index (χ2n) is 3.98. The molecule has 0 aromatic heterocycles. The molecule has 2 heteroatoms. The second-order valence-corrected chi connectivity index (χ2v) is 3.98. The van der Waals surface area contributed by atoms with Crippen LogP contribution in [0.3, 0.4) is 0 Å². The van der Waals surface area contributed by atoms with Gasteiger partial charge in [-0.1, -0.05) is 36.4 Å². The Hall–Kier alpha value is -1.83. The zero-order valence-corrected chi connectivity index (χ0v) is 9.23. The van der Waals surface area contributed by atoms with Crippen LogP contribution in [0.4, 0.5) is 0 Å². The Bertz CT molecular complexity index is 529. The fourth-order valence-corrected chi connectivity index (χ4v) is 1.97. The molecule has 0 amide bonds. The summed E-state index contributed by atoms with van der Waals surface area (Å²) < 4.78 is 0. The lowest BCUT2D eigenvalue weighted by Gasteiger charge is -2.07. The Kier molecular flexibility index (Phi) is 2.91. The lowest BCUT2D eigenvalue weighted by Crippen LogP contribution is -1.98. The van der Waals surface area contributed by atoms with E-state index in [2.05, 4.69) is 25.1 Å². The van der Waals surface area contributed by atoms with E-state index in [1.165, 1.54) is 16.3 Å². The Balaban J connectivity index is 2.46. The third-order valence-corrected chi connectivity index (χ3v) is 2.84. The molecule has 0 heterocycles. The maximum atomic E-state index is 10.6. The minimum absolute atomic E-state index is 0.188. The van der Waals surface area contributed by atoms with E-state index < -0.39 is 5.97 Å². The molecule has 0 bridgehead atoms. The highest BCUT2D eigenvalue weighted by molar-refractivity contribution is 5.88. The van der Waals surface area contributed by atoms with Gasteiger partial charge < -0.3 is 5.11 Å². The lowest BCUT2D eigenvalue weighted by atomic mass is 9.98. The SMILES string of the molecule is Cc1ccc(CCC(=O)O)c2ccccc12. The van der Waals surface area contributed by atoms with Crippen LogP contribution in [0.1, 0.15) is 17.5 Å². The van der Waals surface area contributed by atoms with Gasteiger partial charge in [-0.2, -0.15) is 0 Å². The zero-order valence-electron chi connectivity index (χ0n) is 9.23. The van der Waals surface area contributed by atoms with Crippen molar-refractivity contribution in [2.75, 3.05) is 0 Å². The first kappa shape index (κ1) is 10.7. The number of benzene rings is 2. The maximum absolute atomic E-state index is 10.6. The van der Waals surface area contributed by atoms with E-state index in [1.807, 2.05) is 18.2 Å². The highest BCUT2D eigenvalue weighted by Gasteiger charge is 2.04. The first-order valence-corrected chi connectivity index (χ1v) is 5.37. The minimum Gasteiger partial charge on any atom is -0.481 e. The fourth-order valence-electron chi connectivity index (χ4n) is 1.97. The largest absolute Gasteiger partial charge is 0.481 e. The number of carbonyl (C=O) groups is 1. The molecule has 0 aliphatic carbocycles. The average molecular weight is 214 g/mol. The highest BCUT2D eigenvalue weighted by atomic mass is 16.4. The van der Waals surface area contributed by atoms with Crippen LogP contribution < -0.4 is 0 Å². The van der Waals surface area contributed by atoms with Gasteiger partial charge in [0, 0.05) is 6.42 Å². The Morgan fingerprint density at radius 1 is 1.12 bits per heavy atom. The Morgan fingerprint density at radius 2 is 1.81 bits per heavy atom. The van der Waals surface area contributed by atoms with Crippen LogP contribution in [0.2, 0.25) is 0 Å². The molecule has 0 atom stereocenters. The molecule has 2 aromatic carbocycles. The monoisotopic (exact) mass is 214 g/mol. The molecule has 0 aliphatic rings. The molecule has 2 aromatic rings. The number of hydrogen-bond donors (Lipinski definition) is 1. The average Bonchev–Trinajstić information content (AvgIpc) is 2.28. The van der Waals surface area contributed by atoms with Crippen LogP contribution in [0.5, 0.6) is 0 Å². The molecule has 82 valence electrons. The fraction of sp³-hybridized carbons (Fsp3) is 0.214. The lowest BCUT2D eigenvalue weighted by molar-refractivity contribution is -0.136. The molecular weight excluding hydrogens is 200 g/mol. The molecule has 0 radical (unpaired) electrons. The Morgan fingerprint density at radius 3 is 2.50 bits per heavy atom. The van der Waals surface area contributed by atoms with Crippen molar-refractivity contribution in [3.05, 3.63) is 47.5 Å². The van der Waals surface area contributed by atoms with Crippen LogP contribution >= 0.6 is 0 Å². The summed E-state index contributed by atoms with van der Waals surface area (Å²) >= 11 is 0. The molecule has 0 unspecified atom stereocenters. The van der Waals surface area contributed by atoms with Crippen molar-refractivity contribution in [1.82, 2.24) is 0 Å². The van der Waals surface area contributed by atoms with Crippen molar-refractivity contribution in [2.45, 2.75) is 19.8 Å². The summed E-state index contributed by atoms with van der Waals surface area (Å²) in [5.41, 5.74) is 2.35. The number of carboxylic acid groups (broad SMARTS) is 1. The predicted molar refractivity (Wildman–Crippen MR) is 64.6 cm³/mol. The van der Waals surface area contributed by atoms with E-state index in [1.54, 1.807) is 0 Å². The number of carboxylic acids is 1. The highest BCUT2D eigenvalue weighted by Crippen LogP contribution is 2.23. The molecule has 1 N–H and O–H groups in total. The normalized spacial score (nSPS) is 10.6. The minimum atomic E-state index is -0.746. The quantitative estimate of drug-likeness (QED) is 0.852. The first-order chi connectivity index (χ1) is 7.68. The van der Waals surface area contributed by atoms with Crippen molar-refractivity contribution >= 4 is 16.7 Å². The Labute approximate surface area is 94.5 Å². The van der Waals surface area contributed by atoms with Gasteiger partial charge in [0.2, 0.25) is 0 Å². The van der Waals surface area contributed by atoms with Gasteiger partial charge in [0.05, 0.1) is 0 Å². The number of aliphatic carboxylic acids is 1. The number of hydrogen-bond acceptors (Lipinski definition) is 1. The zero-order chi connectivity index (χ0) is 11.5. The summed E-state index contributed by atoms with van der Waals surface area (Å²) in [5, 5.41) is 11.1. The van der Waals surface area contributed by atoms with Crippen molar-refractivity contribution < 1.29 is 9.90 Å². The number of rotatable bonds is 3. The van der Waals surface area contributed by atoms with Crippen molar-refractivity contribution in [3.63, 3.8) is 0 Å². The standard InChI is InChI=1S/C14H14O2/c1-10-6-7-11(8-9-14(15)16)13-5-3-2-4-12(10)13/h2-7H,8-9H2,1H3,(H,15,16). The van der Waals surface area contributed by atoms with Crippen molar-refractivity contribution in [2.24, 2.45) is 0 Å². The molecule has 2 nitrogen and oxygen atoms in total. The van der Waals surface area contributed by atoms with E-state index >= 15 is 0 Å². The van der Waals surface area contributed by atoms with Crippen LogP contribution in [-0.2, 0) is 11.2 Å². The van der Waals surface area contributed by atoms with Crippen LogP contribution in [0.15, 0.2) is 36.4 Å². The van der Waals surface area contributed by atoms with E-state index in [0.717, 1.165) is 5.56 Å². The van der Waals surface area contributed by atoms with Gasteiger partial charge >= 0.3 is 5.97 Å². The first-order valence-electron chi connectivity index (χ1n) is 5.37. The van der Waals surface area contributed by atoms with E-state index in [9.17, 15) is 4.79 Å². The van der Waals surface area contributed by atoms with Gasteiger partial charge in [-0.25, -0.2) is 0 Å². The van der Waals surface area contributed by atoms with Crippen LogP contribution in [-0.4, -0.2) is 11.1 Å². The van der Waals surface area contributed by atoms with Gasteiger partial charge in [-0.05, 0) is 35.2 Å². The molecule has 0 saturated heterocycles. The van der Waals surface area contributed by atoms with Gasteiger partial charge in [0.1, 0.15) is 0 Å². The molecular formula is C14H14O2. The summed E-state index contributed by atoms with van der Waals surface area (Å²) in [5.74, 6) is -0.746. The number of fused-ring (bicyclic) bond motifs is 1. The molecule has 0 aliphatic heterocycles. The van der Waals surface area contributed by atoms with Crippen molar-refractivity contribution in [3.8, 4) is 0 Å². The smallest absolute Gasteiger partial charge is 0.303 e. The van der Waals surface area contributed by atoms with Crippen molar-refractivity contribution in [1.29, 1.82) is 0 Å². The maximum Gasteiger partial charge on any atom is 0.303 e. The van der Waals surface area contributed by atoms with E-state index in [0.29, 0.717) is 6.42 Å². The molecule has 16 heavy (non-hydrogen) atoms. The van der Waals surface area contributed by atoms with Crippen LogP contribution in [0, 0.1) is 6.92 Å². The summed E-state index contributed by atoms with van der Waals surface area (Å²) in [4.78, 5) is 10.6. The van der Waals surface area contributed by atoms with Gasteiger partial charge in [-0.3, -0.25) is 4.79 Å². The third kappa shape index (κ3) is 2.06. The molecule has 0 saturated carbocycles. The van der Waals surface area contributed by atoms with Gasteiger partial charge in [0.25, 0.3) is 0 Å². The summed E-state index contributed by atoms with van der Waals surface area (Å²) in [6, 6.07) is 12.2. The topological polar surface area (TPSA) is 37.3 Å². The van der Waals surface area contributed by atoms with Gasteiger partial charge in [0.15, 0.2) is 0 Å². The summed E-state index contributed by atoms with van der Waals surface area (Å²) in [6.45, 7) is 2.07.